The second kappa shape index (κ2) is 5.80. The lowest BCUT2D eigenvalue weighted by Crippen LogP contribution is -2.17. The maximum Gasteiger partial charge on any atom is 0.573 e. The van der Waals surface area contributed by atoms with Gasteiger partial charge in [-0.25, -0.2) is 4.98 Å². The van der Waals surface area contributed by atoms with Gasteiger partial charge in [-0.3, -0.25) is 0 Å². The van der Waals surface area contributed by atoms with Gasteiger partial charge in [-0.2, -0.15) is 0 Å². The van der Waals surface area contributed by atoms with E-state index >= 15 is 0 Å². The van der Waals surface area contributed by atoms with Gasteiger partial charge in [-0.15, -0.1) is 24.5 Å². The lowest BCUT2D eigenvalue weighted by atomic mass is 10.1. The molecule has 1 aromatic heterocycles. The topological polar surface area (TPSA) is 42.4 Å². The molecule has 20 heavy (non-hydrogen) atoms. The summed E-state index contributed by atoms with van der Waals surface area (Å²) in [6.07, 6.45) is -5.18. The van der Waals surface area contributed by atoms with Gasteiger partial charge in [0.2, 0.25) is 0 Å². The average molecular weight is 303 g/mol. The number of hydrogen-bond donors (Lipinski definition) is 1. The Labute approximate surface area is 117 Å². The number of aryl methyl sites for hydroxylation is 1. The van der Waals surface area contributed by atoms with Gasteiger partial charge >= 0.3 is 6.36 Å². The highest BCUT2D eigenvalue weighted by molar-refractivity contribution is 7.09. The van der Waals surface area contributed by atoms with E-state index in [9.17, 15) is 18.3 Å². The van der Waals surface area contributed by atoms with Gasteiger partial charge in [0, 0.05) is 17.5 Å². The van der Waals surface area contributed by atoms with Gasteiger partial charge in [0.1, 0.15) is 5.75 Å². The van der Waals surface area contributed by atoms with Crippen LogP contribution in [0.5, 0.6) is 5.75 Å². The molecule has 2 aromatic rings. The van der Waals surface area contributed by atoms with Gasteiger partial charge in [0.15, 0.2) is 0 Å². The molecule has 7 heteroatoms. The van der Waals surface area contributed by atoms with E-state index in [4.69, 9.17) is 0 Å². The molecule has 0 aliphatic rings. The van der Waals surface area contributed by atoms with E-state index in [0.717, 1.165) is 10.7 Å². The first-order valence-electron chi connectivity index (χ1n) is 5.78. The summed E-state index contributed by atoms with van der Waals surface area (Å²) in [5.41, 5.74) is 1.40. The highest BCUT2D eigenvalue weighted by Crippen LogP contribution is 2.26. The first-order valence-corrected chi connectivity index (χ1v) is 6.66. The van der Waals surface area contributed by atoms with Crippen LogP contribution in [0.25, 0.3) is 0 Å². The Kier molecular flexibility index (Phi) is 4.29. The molecule has 2 rings (SSSR count). The molecular formula is C13H12F3NO2S. The summed E-state index contributed by atoms with van der Waals surface area (Å²) in [6, 6.07) is 5.18. The predicted molar refractivity (Wildman–Crippen MR) is 68.6 cm³/mol. The second-order valence-electron chi connectivity index (χ2n) is 4.22. The van der Waals surface area contributed by atoms with Crippen LogP contribution in [-0.2, 0) is 6.42 Å². The zero-order valence-electron chi connectivity index (χ0n) is 10.5. The van der Waals surface area contributed by atoms with Crippen molar-refractivity contribution in [3.63, 3.8) is 0 Å². The molecule has 0 saturated heterocycles. The van der Waals surface area contributed by atoms with Crippen molar-refractivity contribution in [3.8, 4) is 5.75 Å². The predicted octanol–water partition coefficient (Wildman–Crippen LogP) is 3.63. The summed E-state index contributed by atoms with van der Waals surface area (Å²) >= 11 is 1.44. The van der Waals surface area contributed by atoms with Crippen molar-refractivity contribution in [3.05, 3.63) is 45.9 Å². The van der Waals surface area contributed by atoms with E-state index in [2.05, 4.69) is 9.72 Å². The molecule has 0 fully saturated rings. The molecule has 108 valence electrons. The van der Waals surface area contributed by atoms with Crippen LogP contribution in [0.15, 0.2) is 29.6 Å². The lowest BCUT2D eigenvalue weighted by Gasteiger charge is -2.12. The minimum Gasteiger partial charge on any atom is -0.406 e. The first-order chi connectivity index (χ1) is 9.33. The van der Waals surface area contributed by atoms with E-state index in [0.29, 0.717) is 12.0 Å². The monoisotopic (exact) mass is 303 g/mol. The Balaban J connectivity index is 2.02. The molecule has 0 amide bonds. The van der Waals surface area contributed by atoms with Crippen molar-refractivity contribution in [2.75, 3.05) is 0 Å². The highest BCUT2D eigenvalue weighted by Gasteiger charge is 2.31. The van der Waals surface area contributed by atoms with Crippen LogP contribution in [0.4, 0.5) is 13.2 Å². The third-order valence-electron chi connectivity index (χ3n) is 2.53. The van der Waals surface area contributed by atoms with Crippen LogP contribution in [0.1, 0.15) is 22.4 Å². The van der Waals surface area contributed by atoms with Crippen LogP contribution >= 0.6 is 11.3 Å². The van der Waals surface area contributed by atoms with E-state index in [1.807, 2.05) is 12.3 Å². The van der Waals surface area contributed by atoms with Crippen LogP contribution in [0, 0.1) is 6.92 Å². The summed E-state index contributed by atoms with van der Waals surface area (Å²) in [5.74, 6) is -0.307. The molecule has 1 N–H and O–H groups in total. The van der Waals surface area contributed by atoms with Crippen molar-refractivity contribution >= 4 is 11.3 Å². The van der Waals surface area contributed by atoms with E-state index in [-0.39, 0.29) is 5.75 Å². The number of rotatable bonds is 4. The highest BCUT2D eigenvalue weighted by atomic mass is 32.1. The third kappa shape index (κ3) is 4.21. The van der Waals surface area contributed by atoms with Gasteiger partial charge in [-0.05, 0) is 24.6 Å². The van der Waals surface area contributed by atoms with Crippen molar-refractivity contribution < 1.29 is 23.0 Å². The minimum absolute atomic E-state index is 0.307. The summed E-state index contributed by atoms with van der Waals surface area (Å²) < 4.78 is 39.8. The SMILES string of the molecule is Cc1csc(CC(O)c2ccc(OC(F)(F)F)cc2)n1. The van der Waals surface area contributed by atoms with Gasteiger partial charge in [0.05, 0.1) is 11.1 Å². The number of alkyl halides is 3. The Bertz CT molecular complexity index is 566. The number of aliphatic hydroxyl groups excluding tert-OH is 1. The number of benzene rings is 1. The smallest absolute Gasteiger partial charge is 0.406 e. The maximum absolute atomic E-state index is 12.0. The average Bonchev–Trinajstić information content (AvgIpc) is 2.73. The summed E-state index contributed by atoms with van der Waals surface area (Å²) in [6.45, 7) is 1.86. The molecule has 1 heterocycles. The van der Waals surface area contributed by atoms with Crippen LogP contribution in [-0.4, -0.2) is 16.5 Å². The summed E-state index contributed by atoms with van der Waals surface area (Å²) in [7, 11) is 0. The molecule has 0 saturated carbocycles. The Morgan fingerprint density at radius 3 is 2.45 bits per heavy atom. The standard InChI is InChI=1S/C13H12F3NO2S/c1-8-7-20-12(17-8)6-11(18)9-2-4-10(5-3-9)19-13(14,15)16/h2-5,7,11,18H,6H2,1H3. The summed E-state index contributed by atoms with van der Waals surface area (Å²) in [4.78, 5) is 4.23. The molecule has 1 atom stereocenters. The van der Waals surface area contributed by atoms with Crippen LogP contribution in [0.2, 0.25) is 0 Å². The molecule has 3 nitrogen and oxygen atoms in total. The van der Waals surface area contributed by atoms with E-state index in [1.54, 1.807) is 0 Å². The van der Waals surface area contributed by atoms with E-state index in [1.165, 1.54) is 35.6 Å². The van der Waals surface area contributed by atoms with Gasteiger partial charge < -0.3 is 9.84 Å². The molecule has 0 radical (unpaired) electrons. The van der Waals surface area contributed by atoms with Gasteiger partial charge in [-0.1, -0.05) is 12.1 Å². The fourth-order valence-electron chi connectivity index (χ4n) is 1.67. The zero-order chi connectivity index (χ0) is 14.8. The Morgan fingerprint density at radius 1 is 1.30 bits per heavy atom. The number of thiazole rings is 1. The molecule has 0 aliphatic carbocycles. The molecule has 0 aliphatic heterocycles. The summed E-state index contributed by atoms with van der Waals surface area (Å²) in [5, 5.41) is 12.7. The Hall–Kier alpha value is -1.60. The van der Waals surface area contributed by atoms with Crippen molar-refractivity contribution in [1.29, 1.82) is 0 Å². The minimum atomic E-state index is -4.71. The van der Waals surface area contributed by atoms with Crippen molar-refractivity contribution in [1.82, 2.24) is 4.98 Å². The number of aromatic nitrogens is 1. The molecule has 0 spiro atoms. The van der Waals surface area contributed by atoms with Crippen molar-refractivity contribution in [2.45, 2.75) is 25.8 Å². The van der Waals surface area contributed by atoms with E-state index < -0.39 is 12.5 Å². The van der Waals surface area contributed by atoms with Crippen LogP contribution < -0.4 is 4.74 Å². The number of ether oxygens (including phenoxy) is 1. The lowest BCUT2D eigenvalue weighted by molar-refractivity contribution is -0.274. The number of hydrogen-bond acceptors (Lipinski definition) is 4. The largest absolute Gasteiger partial charge is 0.573 e. The fourth-order valence-corrected chi connectivity index (χ4v) is 2.48. The quantitative estimate of drug-likeness (QED) is 0.938. The Morgan fingerprint density at radius 2 is 1.95 bits per heavy atom. The number of aliphatic hydroxyl groups is 1. The molecule has 0 bridgehead atoms. The molecular weight excluding hydrogens is 291 g/mol. The first kappa shape index (κ1) is 14.8. The second-order valence-corrected chi connectivity index (χ2v) is 5.16. The number of nitrogens with zero attached hydrogens (tertiary/aromatic N) is 1. The maximum atomic E-state index is 12.0. The number of halogens is 3. The fraction of sp³-hybridized carbons (Fsp3) is 0.308. The molecule has 1 unspecified atom stereocenters. The van der Waals surface area contributed by atoms with Crippen molar-refractivity contribution in [2.24, 2.45) is 0 Å². The van der Waals surface area contributed by atoms with Gasteiger partial charge in [0.25, 0.3) is 0 Å². The molecule has 1 aromatic carbocycles. The van der Waals surface area contributed by atoms with Crippen LogP contribution in [0.3, 0.4) is 0 Å². The normalized spacial score (nSPS) is 13.2. The zero-order valence-corrected chi connectivity index (χ0v) is 11.3. The third-order valence-corrected chi connectivity index (χ3v) is 3.52.